The molecule has 3 heteroatoms. The summed E-state index contributed by atoms with van der Waals surface area (Å²) in [5.74, 6) is 0.831. The maximum atomic E-state index is 8.76. The highest BCUT2D eigenvalue weighted by Crippen LogP contribution is 2.20. The van der Waals surface area contributed by atoms with Gasteiger partial charge in [-0.3, -0.25) is 0 Å². The van der Waals surface area contributed by atoms with Crippen molar-refractivity contribution in [1.29, 1.82) is 5.26 Å². The summed E-state index contributed by atoms with van der Waals surface area (Å²) in [6.45, 7) is 0.776. The van der Waals surface area contributed by atoms with Crippen LogP contribution in [0.25, 0.3) is 0 Å². The second kappa shape index (κ2) is 4.64. The second-order valence-electron chi connectivity index (χ2n) is 3.38. The second-order valence-corrected chi connectivity index (χ2v) is 3.38. The van der Waals surface area contributed by atoms with Crippen LogP contribution >= 0.6 is 0 Å². The molecule has 14 heavy (non-hydrogen) atoms. The van der Waals surface area contributed by atoms with Crippen molar-refractivity contribution in [2.45, 2.75) is 6.54 Å². The van der Waals surface area contributed by atoms with E-state index in [0.29, 0.717) is 5.56 Å². The van der Waals surface area contributed by atoms with Gasteiger partial charge in [-0.1, -0.05) is 0 Å². The van der Waals surface area contributed by atoms with Crippen molar-refractivity contribution < 1.29 is 4.74 Å². The number of nitriles is 1. The van der Waals surface area contributed by atoms with Crippen LogP contribution < -0.4 is 4.74 Å². The van der Waals surface area contributed by atoms with Crippen LogP contribution in [0, 0.1) is 11.3 Å². The number of benzene rings is 1. The van der Waals surface area contributed by atoms with E-state index in [1.165, 1.54) is 0 Å². The van der Waals surface area contributed by atoms with Crippen molar-refractivity contribution in [2.24, 2.45) is 0 Å². The lowest BCUT2D eigenvalue weighted by atomic mass is 10.1. The van der Waals surface area contributed by atoms with Gasteiger partial charge in [0.2, 0.25) is 0 Å². The molecule has 0 heterocycles. The lowest BCUT2D eigenvalue weighted by molar-refractivity contribution is 0.372. The van der Waals surface area contributed by atoms with Gasteiger partial charge in [0.1, 0.15) is 5.75 Å². The highest BCUT2D eigenvalue weighted by molar-refractivity contribution is 5.41. The van der Waals surface area contributed by atoms with Crippen molar-refractivity contribution in [3.05, 3.63) is 29.3 Å². The smallest absolute Gasteiger partial charge is 0.123 e. The molecule has 0 aromatic heterocycles. The summed E-state index contributed by atoms with van der Waals surface area (Å²) < 4.78 is 5.21. The summed E-state index contributed by atoms with van der Waals surface area (Å²) in [4.78, 5) is 2.04. The van der Waals surface area contributed by atoms with E-state index >= 15 is 0 Å². The Labute approximate surface area is 84.5 Å². The van der Waals surface area contributed by atoms with Crippen LogP contribution in [0.15, 0.2) is 18.2 Å². The van der Waals surface area contributed by atoms with E-state index in [1.54, 1.807) is 13.2 Å². The first-order valence-corrected chi connectivity index (χ1v) is 4.39. The van der Waals surface area contributed by atoms with E-state index in [1.807, 2.05) is 31.1 Å². The van der Waals surface area contributed by atoms with E-state index in [9.17, 15) is 0 Å². The van der Waals surface area contributed by atoms with Crippen molar-refractivity contribution in [2.75, 3.05) is 21.2 Å². The zero-order valence-electron chi connectivity index (χ0n) is 8.74. The molecule has 3 nitrogen and oxygen atoms in total. The van der Waals surface area contributed by atoms with E-state index in [0.717, 1.165) is 17.9 Å². The van der Waals surface area contributed by atoms with Crippen molar-refractivity contribution in [3.63, 3.8) is 0 Å². The molecule has 0 bridgehead atoms. The zero-order chi connectivity index (χ0) is 10.6. The minimum Gasteiger partial charge on any atom is -0.496 e. The Morgan fingerprint density at radius 3 is 2.64 bits per heavy atom. The van der Waals surface area contributed by atoms with Crippen LogP contribution in [0.5, 0.6) is 5.75 Å². The summed E-state index contributed by atoms with van der Waals surface area (Å²) in [6.07, 6.45) is 0. The van der Waals surface area contributed by atoms with Crippen LogP contribution in [0.4, 0.5) is 0 Å². The monoisotopic (exact) mass is 190 g/mol. The quantitative estimate of drug-likeness (QED) is 0.726. The molecule has 0 radical (unpaired) electrons. The zero-order valence-corrected chi connectivity index (χ0v) is 8.74. The van der Waals surface area contributed by atoms with Gasteiger partial charge in [0.15, 0.2) is 0 Å². The average Bonchev–Trinajstić information content (AvgIpc) is 2.16. The number of nitrogens with zero attached hydrogens (tertiary/aromatic N) is 2. The van der Waals surface area contributed by atoms with E-state index in [4.69, 9.17) is 10.00 Å². The molecule has 0 saturated carbocycles. The largest absolute Gasteiger partial charge is 0.496 e. The molecule has 0 aliphatic carbocycles. The molecule has 1 aromatic carbocycles. The third kappa shape index (κ3) is 2.48. The van der Waals surface area contributed by atoms with Gasteiger partial charge < -0.3 is 9.64 Å². The normalized spacial score (nSPS) is 9.93. The predicted molar refractivity (Wildman–Crippen MR) is 55.1 cm³/mol. The Bertz CT molecular complexity index is 353. The molecule has 74 valence electrons. The average molecular weight is 190 g/mol. The minimum absolute atomic E-state index is 0.669. The van der Waals surface area contributed by atoms with Crippen LogP contribution in [0.2, 0.25) is 0 Å². The maximum Gasteiger partial charge on any atom is 0.123 e. The molecule has 0 amide bonds. The summed E-state index contributed by atoms with van der Waals surface area (Å²) in [7, 11) is 5.61. The Kier molecular flexibility index (Phi) is 3.49. The van der Waals surface area contributed by atoms with Crippen LogP contribution in [-0.2, 0) is 6.54 Å². The van der Waals surface area contributed by atoms with Crippen LogP contribution in [0.3, 0.4) is 0 Å². The van der Waals surface area contributed by atoms with Crippen LogP contribution in [-0.4, -0.2) is 26.1 Å². The van der Waals surface area contributed by atoms with E-state index in [-0.39, 0.29) is 0 Å². The fourth-order valence-corrected chi connectivity index (χ4v) is 1.31. The molecule has 0 unspecified atom stereocenters. The lowest BCUT2D eigenvalue weighted by Crippen LogP contribution is -2.11. The van der Waals surface area contributed by atoms with Gasteiger partial charge in [0.05, 0.1) is 18.7 Å². The summed E-state index contributed by atoms with van der Waals surface area (Å²) >= 11 is 0. The van der Waals surface area contributed by atoms with Gasteiger partial charge in [0.25, 0.3) is 0 Å². The number of rotatable bonds is 3. The molecule has 0 saturated heterocycles. The lowest BCUT2D eigenvalue weighted by Gasteiger charge is -2.13. The standard InChI is InChI=1S/C11H14N2O/c1-13(2)8-10-6-9(7-12)4-5-11(10)14-3/h4-6H,8H2,1-3H3. The summed E-state index contributed by atoms with van der Waals surface area (Å²) in [6, 6.07) is 7.57. The molecule has 0 aliphatic heterocycles. The van der Waals surface area contributed by atoms with Crippen molar-refractivity contribution >= 4 is 0 Å². The predicted octanol–water partition coefficient (Wildman–Crippen LogP) is 1.63. The molecule has 0 N–H and O–H groups in total. The highest BCUT2D eigenvalue weighted by Gasteiger charge is 2.04. The van der Waals surface area contributed by atoms with Gasteiger partial charge in [0, 0.05) is 12.1 Å². The van der Waals surface area contributed by atoms with Gasteiger partial charge in [-0.2, -0.15) is 5.26 Å². The first-order valence-electron chi connectivity index (χ1n) is 4.39. The van der Waals surface area contributed by atoms with Crippen LogP contribution in [0.1, 0.15) is 11.1 Å². The van der Waals surface area contributed by atoms with E-state index < -0.39 is 0 Å². The number of methoxy groups -OCH3 is 1. The first kappa shape index (κ1) is 10.6. The fourth-order valence-electron chi connectivity index (χ4n) is 1.31. The molecular formula is C11H14N2O. The Balaban J connectivity index is 3.03. The maximum absolute atomic E-state index is 8.76. The summed E-state index contributed by atoms with van der Waals surface area (Å²) in [5, 5.41) is 8.76. The SMILES string of the molecule is COc1ccc(C#N)cc1CN(C)C. The third-order valence-corrected chi connectivity index (χ3v) is 1.90. The molecule has 0 fully saturated rings. The Hall–Kier alpha value is -1.53. The van der Waals surface area contributed by atoms with Crippen molar-refractivity contribution in [3.8, 4) is 11.8 Å². The van der Waals surface area contributed by atoms with E-state index in [2.05, 4.69) is 6.07 Å². The fraction of sp³-hybridized carbons (Fsp3) is 0.364. The first-order chi connectivity index (χ1) is 6.67. The number of hydrogen-bond donors (Lipinski definition) is 0. The topological polar surface area (TPSA) is 36.3 Å². The van der Waals surface area contributed by atoms with Gasteiger partial charge in [-0.15, -0.1) is 0 Å². The van der Waals surface area contributed by atoms with Gasteiger partial charge in [-0.05, 0) is 32.3 Å². The molecule has 0 aliphatic rings. The Morgan fingerprint density at radius 1 is 1.43 bits per heavy atom. The third-order valence-electron chi connectivity index (χ3n) is 1.90. The molecular weight excluding hydrogens is 176 g/mol. The molecule has 0 atom stereocenters. The Morgan fingerprint density at radius 2 is 2.14 bits per heavy atom. The highest BCUT2D eigenvalue weighted by atomic mass is 16.5. The van der Waals surface area contributed by atoms with Gasteiger partial charge in [-0.25, -0.2) is 0 Å². The summed E-state index contributed by atoms with van der Waals surface area (Å²) in [5.41, 5.74) is 1.71. The minimum atomic E-state index is 0.669. The number of ether oxygens (including phenoxy) is 1. The number of hydrogen-bond acceptors (Lipinski definition) is 3. The molecule has 0 spiro atoms. The molecule has 1 rings (SSSR count). The van der Waals surface area contributed by atoms with Crippen molar-refractivity contribution in [1.82, 2.24) is 4.90 Å². The molecule has 1 aromatic rings. The van der Waals surface area contributed by atoms with Gasteiger partial charge >= 0.3 is 0 Å².